The molecule has 1 saturated heterocycles. The molecule has 4 heteroatoms. The Hall–Kier alpha value is -1.26. The average molecular weight is 292 g/mol. The molecule has 2 atom stereocenters. The van der Waals surface area contributed by atoms with E-state index in [4.69, 9.17) is 4.74 Å². The third kappa shape index (κ3) is 4.35. The number of anilines is 1. The summed E-state index contributed by atoms with van der Waals surface area (Å²) < 4.78 is 5.20. The fraction of sp³-hybridized carbons (Fsp3) is 0.647. The maximum Gasteiger partial charge on any atom is 0.119 e. The number of aliphatic hydroxyl groups excluding tert-OH is 1. The number of ether oxygens (including phenoxy) is 1. The van der Waals surface area contributed by atoms with Gasteiger partial charge in [0.25, 0.3) is 0 Å². The Bertz CT molecular complexity index is 413. The van der Waals surface area contributed by atoms with Crippen LogP contribution < -0.4 is 9.64 Å². The molecule has 0 spiro atoms. The van der Waals surface area contributed by atoms with Crippen molar-refractivity contribution < 1.29 is 9.84 Å². The summed E-state index contributed by atoms with van der Waals surface area (Å²) in [5.74, 6) is 1.28. The third-order valence-corrected chi connectivity index (χ3v) is 4.56. The van der Waals surface area contributed by atoms with Gasteiger partial charge in [-0.15, -0.1) is 0 Å². The maximum atomic E-state index is 10.1. The van der Waals surface area contributed by atoms with E-state index in [0.717, 1.165) is 44.9 Å². The van der Waals surface area contributed by atoms with Crippen LogP contribution in [0.25, 0.3) is 0 Å². The van der Waals surface area contributed by atoms with E-state index in [1.54, 1.807) is 7.11 Å². The SMILES string of the molecule is CCC(C)C(O)CN1CCN(c2ccc(OC)cc2)CC1. The van der Waals surface area contributed by atoms with Crippen molar-refractivity contribution in [2.24, 2.45) is 5.92 Å². The highest BCUT2D eigenvalue weighted by Gasteiger charge is 2.21. The van der Waals surface area contributed by atoms with E-state index in [2.05, 4.69) is 35.8 Å². The third-order valence-electron chi connectivity index (χ3n) is 4.56. The summed E-state index contributed by atoms with van der Waals surface area (Å²) in [6.07, 6.45) is 0.829. The van der Waals surface area contributed by atoms with Gasteiger partial charge in [-0.2, -0.15) is 0 Å². The summed E-state index contributed by atoms with van der Waals surface area (Å²) in [5, 5.41) is 10.1. The first kappa shape index (κ1) is 16.1. The quantitative estimate of drug-likeness (QED) is 0.872. The smallest absolute Gasteiger partial charge is 0.119 e. The lowest BCUT2D eigenvalue weighted by Crippen LogP contribution is -2.49. The minimum absolute atomic E-state index is 0.206. The Balaban J connectivity index is 1.82. The van der Waals surface area contributed by atoms with E-state index in [1.807, 2.05) is 12.1 Å². The molecule has 0 amide bonds. The fourth-order valence-corrected chi connectivity index (χ4v) is 2.70. The molecule has 1 N–H and O–H groups in total. The largest absolute Gasteiger partial charge is 0.497 e. The van der Waals surface area contributed by atoms with Gasteiger partial charge in [-0.3, -0.25) is 4.90 Å². The Kier molecular flexibility index (Phi) is 5.88. The summed E-state index contributed by atoms with van der Waals surface area (Å²) >= 11 is 0. The average Bonchev–Trinajstić information content (AvgIpc) is 2.55. The first-order valence-electron chi connectivity index (χ1n) is 7.93. The van der Waals surface area contributed by atoms with Crippen LogP contribution in [0.2, 0.25) is 0 Å². The molecule has 0 aromatic heterocycles. The normalized spacial score (nSPS) is 19.3. The van der Waals surface area contributed by atoms with Crippen LogP contribution in [0.5, 0.6) is 5.75 Å². The van der Waals surface area contributed by atoms with Crippen molar-refractivity contribution in [2.75, 3.05) is 44.7 Å². The Morgan fingerprint density at radius 3 is 2.29 bits per heavy atom. The van der Waals surface area contributed by atoms with Crippen molar-refractivity contribution in [2.45, 2.75) is 26.4 Å². The van der Waals surface area contributed by atoms with Gasteiger partial charge >= 0.3 is 0 Å². The number of rotatable bonds is 6. The van der Waals surface area contributed by atoms with Crippen molar-refractivity contribution in [3.05, 3.63) is 24.3 Å². The molecule has 2 unspecified atom stereocenters. The molecule has 21 heavy (non-hydrogen) atoms. The molecular weight excluding hydrogens is 264 g/mol. The van der Waals surface area contributed by atoms with Crippen LogP contribution in [0.4, 0.5) is 5.69 Å². The number of β-amino-alcohol motifs (C(OH)–C–C–N with tert-alkyl or cyclic N) is 1. The minimum atomic E-state index is -0.206. The van der Waals surface area contributed by atoms with Crippen LogP contribution in [-0.2, 0) is 0 Å². The summed E-state index contributed by atoms with van der Waals surface area (Å²) in [7, 11) is 1.69. The molecule has 0 aliphatic carbocycles. The zero-order chi connectivity index (χ0) is 15.2. The van der Waals surface area contributed by atoms with Crippen LogP contribution in [0, 0.1) is 5.92 Å². The highest BCUT2D eigenvalue weighted by atomic mass is 16.5. The van der Waals surface area contributed by atoms with Gasteiger partial charge in [0, 0.05) is 38.4 Å². The zero-order valence-electron chi connectivity index (χ0n) is 13.5. The summed E-state index contributed by atoms with van der Waals surface area (Å²) in [4.78, 5) is 4.77. The number of aliphatic hydroxyl groups is 1. The second-order valence-corrected chi connectivity index (χ2v) is 5.94. The summed E-state index contributed by atoms with van der Waals surface area (Å²) in [6.45, 7) is 9.11. The molecule has 118 valence electrons. The van der Waals surface area contributed by atoms with E-state index in [0.29, 0.717) is 5.92 Å². The summed E-state index contributed by atoms with van der Waals surface area (Å²) in [5.41, 5.74) is 1.25. The number of hydrogen-bond acceptors (Lipinski definition) is 4. The van der Waals surface area contributed by atoms with Gasteiger partial charge in [-0.1, -0.05) is 20.3 Å². The van der Waals surface area contributed by atoms with E-state index in [1.165, 1.54) is 5.69 Å². The van der Waals surface area contributed by atoms with Gasteiger partial charge in [0.1, 0.15) is 5.75 Å². The van der Waals surface area contributed by atoms with Gasteiger partial charge in [-0.25, -0.2) is 0 Å². The van der Waals surface area contributed by atoms with E-state index >= 15 is 0 Å². The van der Waals surface area contributed by atoms with E-state index in [9.17, 15) is 5.11 Å². The molecule has 1 aliphatic rings. The van der Waals surface area contributed by atoms with Crippen LogP contribution in [0.15, 0.2) is 24.3 Å². The molecule has 2 rings (SSSR count). The molecule has 0 saturated carbocycles. The van der Waals surface area contributed by atoms with E-state index in [-0.39, 0.29) is 6.10 Å². The first-order chi connectivity index (χ1) is 10.1. The number of benzene rings is 1. The zero-order valence-corrected chi connectivity index (χ0v) is 13.5. The van der Waals surface area contributed by atoms with Crippen LogP contribution in [0.3, 0.4) is 0 Å². The summed E-state index contributed by atoms with van der Waals surface area (Å²) in [6, 6.07) is 8.24. The van der Waals surface area contributed by atoms with Gasteiger partial charge in [0.15, 0.2) is 0 Å². The van der Waals surface area contributed by atoms with Gasteiger partial charge in [0.05, 0.1) is 13.2 Å². The van der Waals surface area contributed by atoms with Crippen LogP contribution >= 0.6 is 0 Å². The van der Waals surface area contributed by atoms with Gasteiger partial charge in [0.2, 0.25) is 0 Å². The second-order valence-electron chi connectivity index (χ2n) is 5.94. The lowest BCUT2D eigenvalue weighted by Gasteiger charge is -2.37. The van der Waals surface area contributed by atoms with Crippen molar-refractivity contribution in [1.82, 2.24) is 4.90 Å². The van der Waals surface area contributed by atoms with Gasteiger partial charge in [-0.05, 0) is 30.2 Å². The minimum Gasteiger partial charge on any atom is -0.497 e. The monoisotopic (exact) mass is 292 g/mol. The highest BCUT2D eigenvalue weighted by molar-refractivity contribution is 5.49. The predicted molar refractivity (Wildman–Crippen MR) is 87.1 cm³/mol. The fourth-order valence-electron chi connectivity index (χ4n) is 2.70. The lowest BCUT2D eigenvalue weighted by atomic mass is 10.0. The standard InChI is InChI=1S/C17H28N2O2/c1-4-14(2)17(20)13-18-9-11-19(12-10-18)15-5-7-16(21-3)8-6-15/h5-8,14,17,20H,4,9-13H2,1-3H3. The van der Waals surface area contributed by atoms with Crippen LogP contribution in [0.1, 0.15) is 20.3 Å². The molecule has 0 bridgehead atoms. The number of methoxy groups -OCH3 is 1. The van der Waals surface area contributed by atoms with Crippen molar-refractivity contribution in [1.29, 1.82) is 0 Å². The highest BCUT2D eigenvalue weighted by Crippen LogP contribution is 2.20. The van der Waals surface area contributed by atoms with Gasteiger partial charge < -0.3 is 14.7 Å². The molecule has 0 radical (unpaired) electrons. The Morgan fingerprint density at radius 1 is 1.14 bits per heavy atom. The van der Waals surface area contributed by atoms with Crippen molar-refractivity contribution in [3.63, 3.8) is 0 Å². The lowest BCUT2D eigenvalue weighted by molar-refractivity contribution is 0.0663. The Labute approximate surface area is 128 Å². The molecule has 1 aliphatic heterocycles. The molecule has 1 fully saturated rings. The molecule has 1 aromatic carbocycles. The number of piperazine rings is 1. The molecule has 1 aromatic rings. The number of hydrogen-bond donors (Lipinski definition) is 1. The molecule has 4 nitrogen and oxygen atoms in total. The van der Waals surface area contributed by atoms with Crippen LogP contribution in [-0.4, -0.2) is 55.9 Å². The second kappa shape index (κ2) is 7.66. The maximum absolute atomic E-state index is 10.1. The molecule has 1 heterocycles. The van der Waals surface area contributed by atoms with Crippen molar-refractivity contribution in [3.8, 4) is 5.75 Å². The first-order valence-corrected chi connectivity index (χ1v) is 7.93. The predicted octanol–water partition coefficient (Wildman–Crippen LogP) is 2.22. The van der Waals surface area contributed by atoms with E-state index < -0.39 is 0 Å². The topological polar surface area (TPSA) is 35.9 Å². The van der Waals surface area contributed by atoms with Crippen molar-refractivity contribution >= 4 is 5.69 Å². The molecular formula is C17H28N2O2. The number of nitrogens with zero attached hydrogens (tertiary/aromatic N) is 2. The Morgan fingerprint density at radius 2 is 1.76 bits per heavy atom.